The summed E-state index contributed by atoms with van der Waals surface area (Å²) >= 11 is 0. The fourth-order valence-corrected chi connectivity index (χ4v) is 3.45. The van der Waals surface area contributed by atoms with Gasteiger partial charge in [0.05, 0.1) is 5.92 Å². The van der Waals surface area contributed by atoms with Crippen LogP contribution in [0.2, 0.25) is 0 Å². The second-order valence-electron chi connectivity index (χ2n) is 6.13. The molecule has 23 heavy (non-hydrogen) atoms. The first-order valence-electron chi connectivity index (χ1n) is 7.89. The molecule has 1 aromatic carbocycles. The monoisotopic (exact) mass is 316 g/mol. The van der Waals surface area contributed by atoms with E-state index in [1.807, 2.05) is 31.2 Å². The van der Waals surface area contributed by atoms with E-state index >= 15 is 0 Å². The average molecular weight is 316 g/mol. The zero-order chi connectivity index (χ0) is 16.6. The van der Waals surface area contributed by atoms with Gasteiger partial charge in [0, 0.05) is 32.5 Å². The van der Waals surface area contributed by atoms with Gasteiger partial charge in [-0.2, -0.15) is 0 Å². The average Bonchev–Trinajstić information content (AvgIpc) is 2.93. The van der Waals surface area contributed by atoms with Gasteiger partial charge in [0.15, 0.2) is 0 Å². The van der Waals surface area contributed by atoms with Crippen molar-refractivity contribution in [2.45, 2.75) is 32.4 Å². The third kappa shape index (κ3) is 2.81. The summed E-state index contributed by atoms with van der Waals surface area (Å²) in [6.07, 6.45) is 0.493. The number of hydrogen-bond donors (Lipinski definition) is 1. The van der Waals surface area contributed by atoms with E-state index in [9.17, 15) is 19.5 Å². The Labute approximate surface area is 134 Å². The first-order chi connectivity index (χ1) is 11.0. The third-order valence-electron chi connectivity index (χ3n) is 4.76. The zero-order valence-electron chi connectivity index (χ0n) is 13.1. The molecule has 3 rings (SSSR count). The Balaban J connectivity index is 1.84. The minimum Gasteiger partial charge on any atom is -0.480 e. The van der Waals surface area contributed by atoms with Crippen molar-refractivity contribution < 1.29 is 19.5 Å². The van der Waals surface area contributed by atoms with Crippen LogP contribution in [0.25, 0.3) is 0 Å². The van der Waals surface area contributed by atoms with Crippen molar-refractivity contribution in [3.8, 4) is 0 Å². The van der Waals surface area contributed by atoms with Crippen LogP contribution in [0, 0.1) is 5.92 Å². The van der Waals surface area contributed by atoms with Crippen LogP contribution in [0.5, 0.6) is 0 Å². The highest BCUT2D eigenvalue weighted by Gasteiger charge is 2.41. The Bertz CT molecular complexity index is 658. The minimum absolute atomic E-state index is 0.0323. The lowest BCUT2D eigenvalue weighted by Crippen LogP contribution is -2.51. The topological polar surface area (TPSA) is 77.9 Å². The number of nitrogens with zero attached hydrogens (tertiary/aromatic N) is 2. The Kier molecular flexibility index (Phi) is 4.07. The third-order valence-corrected chi connectivity index (χ3v) is 4.76. The van der Waals surface area contributed by atoms with Gasteiger partial charge in [-0.3, -0.25) is 9.59 Å². The Morgan fingerprint density at radius 1 is 1.22 bits per heavy atom. The van der Waals surface area contributed by atoms with Crippen LogP contribution >= 0.6 is 0 Å². The molecular weight excluding hydrogens is 296 g/mol. The van der Waals surface area contributed by atoms with Gasteiger partial charge in [0.25, 0.3) is 0 Å². The van der Waals surface area contributed by atoms with Crippen LogP contribution in [0.4, 0.5) is 0 Å². The predicted molar refractivity (Wildman–Crippen MR) is 82.5 cm³/mol. The second-order valence-corrected chi connectivity index (χ2v) is 6.13. The molecule has 2 amide bonds. The SMILES string of the molecule is CCN1C[C@@H](C(=O)N2Cc3ccccc3C[C@H]2C(=O)O)CC1=O. The van der Waals surface area contributed by atoms with Crippen LogP contribution in [0.3, 0.4) is 0 Å². The van der Waals surface area contributed by atoms with Gasteiger partial charge < -0.3 is 14.9 Å². The number of carboxylic acid groups (broad SMARTS) is 1. The highest BCUT2D eigenvalue weighted by molar-refractivity contribution is 5.91. The lowest BCUT2D eigenvalue weighted by molar-refractivity contribution is -0.153. The fourth-order valence-electron chi connectivity index (χ4n) is 3.45. The number of fused-ring (bicyclic) bond motifs is 1. The van der Waals surface area contributed by atoms with Crippen LogP contribution in [-0.4, -0.2) is 51.8 Å². The minimum atomic E-state index is -0.996. The summed E-state index contributed by atoms with van der Waals surface area (Å²) in [4.78, 5) is 39.4. The van der Waals surface area contributed by atoms with Gasteiger partial charge in [-0.25, -0.2) is 4.79 Å². The molecule has 6 heteroatoms. The largest absolute Gasteiger partial charge is 0.480 e. The quantitative estimate of drug-likeness (QED) is 0.898. The lowest BCUT2D eigenvalue weighted by Gasteiger charge is -2.35. The molecule has 1 fully saturated rings. The van der Waals surface area contributed by atoms with Crippen molar-refractivity contribution in [3.05, 3.63) is 35.4 Å². The molecule has 0 radical (unpaired) electrons. The molecule has 0 saturated carbocycles. The summed E-state index contributed by atoms with van der Waals surface area (Å²) < 4.78 is 0. The maximum Gasteiger partial charge on any atom is 0.326 e. The molecule has 1 saturated heterocycles. The summed E-state index contributed by atoms with van der Waals surface area (Å²) in [6, 6.07) is 6.74. The molecule has 6 nitrogen and oxygen atoms in total. The number of carboxylic acids is 1. The van der Waals surface area contributed by atoms with Crippen molar-refractivity contribution in [2.24, 2.45) is 5.92 Å². The summed E-state index contributed by atoms with van der Waals surface area (Å²) in [7, 11) is 0. The maximum absolute atomic E-state index is 12.8. The van der Waals surface area contributed by atoms with E-state index < -0.39 is 17.9 Å². The number of amides is 2. The molecule has 122 valence electrons. The van der Waals surface area contributed by atoms with E-state index in [0.717, 1.165) is 11.1 Å². The van der Waals surface area contributed by atoms with Gasteiger partial charge in [0.1, 0.15) is 6.04 Å². The fraction of sp³-hybridized carbons (Fsp3) is 0.471. The smallest absolute Gasteiger partial charge is 0.326 e. The Morgan fingerprint density at radius 3 is 2.52 bits per heavy atom. The first kappa shape index (κ1) is 15.5. The Morgan fingerprint density at radius 2 is 1.91 bits per heavy atom. The Hall–Kier alpha value is -2.37. The van der Waals surface area contributed by atoms with E-state index in [-0.39, 0.29) is 18.2 Å². The van der Waals surface area contributed by atoms with Crippen LogP contribution < -0.4 is 0 Å². The highest BCUT2D eigenvalue weighted by atomic mass is 16.4. The summed E-state index contributed by atoms with van der Waals surface area (Å²) in [5.74, 6) is -1.69. The van der Waals surface area contributed by atoms with Crippen molar-refractivity contribution >= 4 is 17.8 Å². The highest BCUT2D eigenvalue weighted by Crippen LogP contribution is 2.28. The first-order valence-corrected chi connectivity index (χ1v) is 7.89. The maximum atomic E-state index is 12.8. The molecule has 0 bridgehead atoms. The number of carbonyl (C=O) groups excluding carboxylic acids is 2. The summed E-state index contributed by atoms with van der Waals surface area (Å²) in [5, 5.41) is 9.50. The van der Waals surface area contributed by atoms with Crippen molar-refractivity contribution in [1.29, 1.82) is 0 Å². The molecule has 2 heterocycles. The van der Waals surface area contributed by atoms with Gasteiger partial charge in [-0.1, -0.05) is 24.3 Å². The van der Waals surface area contributed by atoms with Crippen LogP contribution in [0.1, 0.15) is 24.5 Å². The van der Waals surface area contributed by atoms with E-state index in [4.69, 9.17) is 0 Å². The molecule has 2 atom stereocenters. The van der Waals surface area contributed by atoms with E-state index in [2.05, 4.69) is 0 Å². The van der Waals surface area contributed by atoms with Gasteiger partial charge >= 0.3 is 5.97 Å². The molecule has 0 aromatic heterocycles. The van der Waals surface area contributed by atoms with Crippen LogP contribution in [0.15, 0.2) is 24.3 Å². The standard InChI is InChI=1S/C17H20N2O4/c1-2-18-9-13(8-15(18)20)16(21)19-10-12-6-4-3-5-11(12)7-14(19)17(22)23/h3-6,13-14H,2,7-10H2,1H3,(H,22,23)/t13-,14-/m0/s1. The number of aliphatic carboxylic acids is 1. The number of rotatable bonds is 3. The summed E-state index contributed by atoms with van der Waals surface area (Å²) in [5.41, 5.74) is 1.96. The molecule has 2 aliphatic heterocycles. The molecule has 0 spiro atoms. The van der Waals surface area contributed by atoms with Crippen molar-refractivity contribution in [1.82, 2.24) is 9.80 Å². The zero-order valence-corrected chi connectivity index (χ0v) is 13.1. The number of hydrogen-bond acceptors (Lipinski definition) is 3. The van der Waals surface area contributed by atoms with Crippen molar-refractivity contribution in [2.75, 3.05) is 13.1 Å². The molecule has 0 aliphatic carbocycles. The molecule has 2 aliphatic rings. The second kappa shape index (κ2) is 6.02. The molecule has 1 N–H and O–H groups in total. The molecule has 1 aromatic rings. The molecular formula is C17H20N2O4. The number of carbonyl (C=O) groups is 3. The normalized spacial score (nSPS) is 23.8. The van der Waals surface area contributed by atoms with E-state index in [1.54, 1.807) is 4.90 Å². The van der Waals surface area contributed by atoms with Gasteiger partial charge in [-0.05, 0) is 18.1 Å². The van der Waals surface area contributed by atoms with Crippen LogP contribution in [-0.2, 0) is 27.3 Å². The van der Waals surface area contributed by atoms with Gasteiger partial charge in [0.2, 0.25) is 11.8 Å². The molecule has 0 unspecified atom stereocenters. The van der Waals surface area contributed by atoms with Crippen molar-refractivity contribution in [3.63, 3.8) is 0 Å². The number of benzene rings is 1. The predicted octanol–water partition coefficient (Wildman–Crippen LogP) is 0.893. The van der Waals surface area contributed by atoms with Gasteiger partial charge in [-0.15, -0.1) is 0 Å². The van der Waals surface area contributed by atoms with E-state index in [1.165, 1.54) is 4.90 Å². The van der Waals surface area contributed by atoms with E-state index in [0.29, 0.717) is 26.1 Å². The number of likely N-dealkylation sites (tertiary alicyclic amines) is 1. The lowest BCUT2D eigenvalue weighted by atomic mass is 9.92. The summed E-state index contributed by atoms with van der Waals surface area (Å²) in [6.45, 7) is 3.14.